The molecule has 98 valence electrons. The summed E-state index contributed by atoms with van der Waals surface area (Å²) in [6.07, 6.45) is 1.61. The van der Waals surface area contributed by atoms with Crippen molar-refractivity contribution in [1.29, 1.82) is 0 Å². The van der Waals surface area contributed by atoms with Crippen LogP contribution in [0.3, 0.4) is 0 Å². The predicted molar refractivity (Wildman–Crippen MR) is 80.9 cm³/mol. The molecule has 0 saturated carbocycles. The van der Waals surface area contributed by atoms with Gasteiger partial charge in [0.25, 0.3) is 0 Å². The van der Waals surface area contributed by atoms with Gasteiger partial charge in [0, 0.05) is 16.2 Å². The maximum absolute atomic E-state index is 11.8. The van der Waals surface area contributed by atoms with Crippen LogP contribution in [-0.2, 0) is 10.2 Å². The SMILES string of the molecule is CC(C)=CC(=O)Nc1ccc(Br)cc1C(C)(C)C. The zero-order valence-corrected chi connectivity index (χ0v) is 13.2. The van der Waals surface area contributed by atoms with E-state index in [1.54, 1.807) is 6.08 Å². The van der Waals surface area contributed by atoms with Gasteiger partial charge in [-0.2, -0.15) is 0 Å². The Labute approximate surface area is 118 Å². The fraction of sp³-hybridized carbons (Fsp3) is 0.400. The van der Waals surface area contributed by atoms with Gasteiger partial charge in [-0.05, 0) is 43.0 Å². The number of allylic oxidation sites excluding steroid dienone is 1. The zero-order valence-electron chi connectivity index (χ0n) is 11.6. The average molecular weight is 310 g/mol. The molecule has 0 aliphatic heterocycles. The van der Waals surface area contributed by atoms with Gasteiger partial charge in [-0.25, -0.2) is 0 Å². The van der Waals surface area contributed by atoms with Crippen molar-refractivity contribution in [2.24, 2.45) is 0 Å². The van der Waals surface area contributed by atoms with E-state index >= 15 is 0 Å². The highest BCUT2D eigenvalue weighted by atomic mass is 79.9. The Morgan fingerprint density at radius 2 is 1.89 bits per heavy atom. The van der Waals surface area contributed by atoms with Crippen molar-refractivity contribution in [2.45, 2.75) is 40.0 Å². The third-order valence-electron chi connectivity index (χ3n) is 2.47. The van der Waals surface area contributed by atoms with E-state index in [4.69, 9.17) is 0 Å². The Bertz CT molecular complexity index is 480. The summed E-state index contributed by atoms with van der Waals surface area (Å²) in [5.74, 6) is -0.0807. The van der Waals surface area contributed by atoms with Crippen LogP contribution in [0.25, 0.3) is 0 Å². The molecular formula is C15H20BrNO. The third-order valence-corrected chi connectivity index (χ3v) is 2.96. The lowest BCUT2D eigenvalue weighted by Gasteiger charge is -2.23. The van der Waals surface area contributed by atoms with E-state index in [2.05, 4.69) is 48.1 Å². The van der Waals surface area contributed by atoms with Crippen molar-refractivity contribution >= 4 is 27.5 Å². The number of carbonyl (C=O) groups is 1. The highest BCUT2D eigenvalue weighted by Crippen LogP contribution is 2.32. The molecule has 1 rings (SSSR count). The molecule has 3 heteroatoms. The maximum Gasteiger partial charge on any atom is 0.248 e. The predicted octanol–water partition coefficient (Wildman–Crippen LogP) is 4.65. The van der Waals surface area contributed by atoms with E-state index in [-0.39, 0.29) is 11.3 Å². The number of anilines is 1. The summed E-state index contributed by atoms with van der Waals surface area (Å²) >= 11 is 3.47. The van der Waals surface area contributed by atoms with E-state index in [0.29, 0.717) is 0 Å². The molecular weight excluding hydrogens is 290 g/mol. The molecule has 1 N–H and O–H groups in total. The van der Waals surface area contributed by atoms with Crippen LogP contribution in [-0.4, -0.2) is 5.91 Å². The van der Waals surface area contributed by atoms with E-state index in [9.17, 15) is 4.79 Å². The Morgan fingerprint density at radius 1 is 1.28 bits per heavy atom. The Morgan fingerprint density at radius 3 is 2.39 bits per heavy atom. The Hall–Kier alpha value is -1.09. The van der Waals surface area contributed by atoms with Crippen LogP contribution in [0.15, 0.2) is 34.3 Å². The van der Waals surface area contributed by atoms with Gasteiger partial charge in [0.1, 0.15) is 0 Å². The molecule has 0 spiro atoms. The second kappa shape index (κ2) is 5.70. The van der Waals surface area contributed by atoms with Crippen LogP contribution in [0.4, 0.5) is 5.69 Å². The number of benzene rings is 1. The molecule has 0 radical (unpaired) electrons. The fourth-order valence-electron chi connectivity index (χ4n) is 1.68. The number of hydrogen-bond donors (Lipinski definition) is 1. The van der Waals surface area contributed by atoms with Gasteiger partial charge in [-0.3, -0.25) is 4.79 Å². The molecule has 0 saturated heterocycles. The number of nitrogens with one attached hydrogen (secondary N) is 1. The van der Waals surface area contributed by atoms with E-state index in [1.165, 1.54) is 0 Å². The lowest BCUT2D eigenvalue weighted by Crippen LogP contribution is -2.17. The summed E-state index contributed by atoms with van der Waals surface area (Å²) in [6, 6.07) is 5.92. The van der Waals surface area contributed by atoms with Gasteiger partial charge in [-0.1, -0.05) is 42.3 Å². The smallest absolute Gasteiger partial charge is 0.248 e. The molecule has 1 amide bonds. The van der Waals surface area contributed by atoms with Gasteiger partial charge in [0.2, 0.25) is 5.91 Å². The summed E-state index contributed by atoms with van der Waals surface area (Å²) in [4.78, 5) is 11.8. The standard InChI is InChI=1S/C15H20BrNO/c1-10(2)8-14(18)17-13-7-6-11(16)9-12(13)15(3,4)5/h6-9H,1-5H3,(H,17,18). The molecule has 18 heavy (non-hydrogen) atoms. The first kappa shape index (κ1) is 15.0. The molecule has 0 bridgehead atoms. The fourth-order valence-corrected chi connectivity index (χ4v) is 2.04. The highest BCUT2D eigenvalue weighted by Gasteiger charge is 2.19. The molecule has 1 aromatic rings. The number of halogens is 1. The lowest BCUT2D eigenvalue weighted by atomic mass is 9.86. The van der Waals surface area contributed by atoms with Crippen molar-refractivity contribution in [2.75, 3.05) is 5.32 Å². The normalized spacial score (nSPS) is 11.0. The van der Waals surface area contributed by atoms with E-state index < -0.39 is 0 Å². The Balaban J connectivity index is 3.10. The summed E-state index contributed by atoms with van der Waals surface area (Å²) < 4.78 is 1.02. The zero-order chi connectivity index (χ0) is 13.9. The third kappa shape index (κ3) is 4.30. The molecule has 0 aliphatic carbocycles. The minimum Gasteiger partial charge on any atom is -0.322 e. The summed E-state index contributed by atoms with van der Waals surface area (Å²) in [5.41, 5.74) is 2.96. The number of amides is 1. The van der Waals surface area contributed by atoms with Crippen LogP contribution in [0.1, 0.15) is 40.2 Å². The number of carbonyl (C=O) groups excluding carboxylic acids is 1. The van der Waals surface area contributed by atoms with Crippen LogP contribution in [0.2, 0.25) is 0 Å². The summed E-state index contributed by atoms with van der Waals surface area (Å²) in [7, 11) is 0. The Kier molecular flexibility index (Phi) is 4.74. The lowest BCUT2D eigenvalue weighted by molar-refractivity contribution is -0.111. The van der Waals surface area contributed by atoms with E-state index in [1.807, 2.05) is 26.0 Å². The van der Waals surface area contributed by atoms with Crippen LogP contribution >= 0.6 is 15.9 Å². The van der Waals surface area contributed by atoms with Crippen molar-refractivity contribution < 1.29 is 4.79 Å². The first-order chi connectivity index (χ1) is 8.20. The summed E-state index contributed by atoms with van der Waals surface area (Å²) in [5, 5.41) is 2.94. The monoisotopic (exact) mass is 309 g/mol. The molecule has 0 heterocycles. The molecule has 2 nitrogen and oxygen atoms in total. The minimum atomic E-state index is -0.0807. The topological polar surface area (TPSA) is 29.1 Å². The molecule has 0 atom stereocenters. The van der Waals surface area contributed by atoms with Gasteiger partial charge in [0.15, 0.2) is 0 Å². The number of hydrogen-bond acceptors (Lipinski definition) is 1. The molecule has 0 aliphatic rings. The van der Waals surface area contributed by atoms with Gasteiger partial charge < -0.3 is 5.32 Å². The average Bonchev–Trinajstić information content (AvgIpc) is 2.17. The molecule has 0 unspecified atom stereocenters. The highest BCUT2D eigenvalue weighted by molar-refractivity contribution is 9.10. The van der Waals surface area contributed by atoms with Gasteiger partial charge in [-0.15, -0.1) is 0 Å². The first-order valence-corrected chi connectivity index (χ1v) is 6.75. The van der Waals surface area contributed by atoms with Crippen LogP contribution in [0, 0.1) is 0 Å². The molecule has 0 aromatic heterocycles. The van der Waals surface area contributed by atoms with Gasteiger partial charge in [0.05, 0.1) is 0 Å². The molecule has 0 fully saturated rings. The van der Waals surface area contributed by atoms with Crippen molar-refractivity contribution in [1.82, 2.24) is 0 Å². The number of rotatable bonds is 2. The van der Waals surface area contributed by atoms with Crippen LogP contribution in [0.5, 0.6) is 0 Å². The second-order valence-corrected chi connectivity index (χ2v) is 6.57. The summed E-state index contributed by atoms with van der Waals surface area (Å²) in [6.45, 7) is 10.2. The largest absolute Gasteiger partial charge is 0.322 e. The second-order valence-electron chi connectivity index (χ2n) is 5.65. The van der Waals surface area contributed by atoms with Crippen molar-refractivity contribution in [3.05, 3.63) is 39.9 Å². The van der Waals surface area contributed by atoms with Gasteiger partial charge >= 0.3 is 0 Å². The first-order valence-electron chi connectivity index (χ1n) is 5.96. The quantitative estimate of drug-likeness (QED) is 0.791. The van der Waals surface area contributed by atoms with Crippen molar-refractivity contribution in [3.8, 4) is 0 Å². The minimum absolute atomic E-state index is 0.0165. The maximum atomic E-state index is 11.8. The van der Waals surface area contributed by atoms with Crippen molar-refractivity contribution in [3.63, 3.8) is 0 Å². The molecule has 1 aromatic carbocycles. The van der Waals surface area contributed by atoms with E-state index in [0.717, 1.165) is 21.3 Å². The van der Waals surface area contributed by atoms with Crippen LogP contribution < -0.4 is 5.32 Å².